The van der Waals surface area contributed by atoms with E-state index in [1.807, 2.05) is 48.5 Å². The van der Waals surface area contributed by atoms with Crippen LogP contribution in [0.4, 0.5) is 4.79 Å². The number of ether oxygens (including phenoxy) is 1. The molecule has 0 saturated heterocycles. The van der Waals surface area contributed by atoms with E-state index in [9.17, 15) is 19.2 Å². The van der Waals surface area contributed by atoms with Gasteiger partial charge >= 0.3 is 12.1 Å². The van der Waals surface area contributed by atoms with E-state index in [-0.39, 0.29) is 25.4 Å². The molecule has 3 rings (SSSR count). The molecule has 2 aromatic carbocycles. The highest BCUT2D eigenvalue weighted by Crippen LogP contribution is 2.44. The van der Waals surface area contributed by atoms with Crippen LogP contribution in [-0.4, -0.2) is 54.7 Å². The molecule has 9 heteroatoms. The second-order valence-electron chi connectivity index (χ2n) is 7.80. The fraction of sp³-hybridized carbons (Fsp3) is 0.333. The summed E-state index contributed by atoms with van der Waals surface area (Å²) in [6.45, 7) is 1.54. The van der Waals surface area contributed by atoms with E-state index in [0.717, 1.165) is 22.3 Å². The van der Waals surface area contributed by atoms with E-state index >= 15 is 0 Å². The molecule has 0 fully saturated rings. The Hall–Kier alpha value is -3.88. The van der Waals surface area contributed by atoms with Crippen LogP contribution in [0.5, 0.6) is 0 Å². The molecule has 9 nitrogen and oxygen atoms in total. The molecule has 0 heterocycles. The molecule has 4 N–H and O–H groups in total. The second-order valence-corrected chi connectivity index (χ2v) is 7.80. The van der Waals surface area contributed by atoms with Crippen molar-refractivity contribution in [3.05, 3.63) is 59.7 Å². The van der Waals surface area contributed by atoms with Gasteiger partial charge < -0.3 is 25.8 Å². The van der Waals surface area contributed by atoms with Gasteiger partial charge in [-0.3, -0.25) is 14.4 Å². The van der Waals surface area contributed by atoms with Crippen molar-refractivity contribution in [3.63, 3.8) is 0 Å². The lowest BCUT2D eigenvalue weighted by molar-refractivity contribution is -0.137. The van der Waals surface area contributed by atoms with Gasteiger partial charge in [0.1, 0.15) is 18.7 Å². The number of hydrogen-bond acceptors (Lipinski definition) is 5. The Morgan fingerprint density at radius 3 is 2.06 bits per heavy atom. The zero-order valence-electron chi connectivity index (χ0n) is 18.5. The fourth-order valence-electron chi connectivity index (χ4n) is 3.91. The molecule has 2 atom stereocenters. The topological polar surface area (TPSA) is 134 Å². The van der Waals surface area contributed by atoms with Crippen molar-refractivity contribution in [3.8, 4) is 11.1 Å². The summed E-state index contributed by atoms with van der Waals surface area (Å²) in [6.07, 6.45) is -1.32. The van der Waals surface area contributed by atoms with E-state index in [1.165, 1.54) is 14.0 Å². The predicted molar refractivity (Wildman–Crippen MR) is 121 cm³/mol. The number of likely N-dealkylation sites (N-methyl/N-ethyl adjacent to an activating group) is 1. The van der Waals surface area contributed by atoms with Gasteiger partial charge in [-0.15, -0.1) is 0 Å². The first kappa shape index (κ1) is 23.8. The number of benzene rings is 2. The Labute approximate surface area is 191 Å². The van der Waals surface area contributed by atoms with Crippen LogP contribution < -0.4 is 16.0 Å². The molecule has 0 saturated carbocycles. The minimum atomic E-state index is -1.16. The maximum Gasteiger partial charge on any atom is 0.407 e. The van der Waals surface area contributed by atoms with E-state index < -0.39 is 36.0 Å². The van der Waals surface area contributed by atoms with Crippen LogP contribution in [0.2, 0.25) is 0 Å². The zero-order valence-corrected chi connectivity index (χ0v) is 18.5. The molecule has 2 unspecified atom stereocenters. The molecule has 1 aliphatic rings. The normalized spacial score (nSPS) is 13.8. The first-order chi connectivity index (χ1) is 15.8. The molecule has 3 amide bonds. The van der Waals surface area contributed by atoms with Crippen LogP contribution in [0.25, 0.3) is 11.1 Å². The smallest absolute Gasteiger partial charge is 0.407 e. The lowest BCUT2D eigenvalue weighted by Gasteiger charge is -2.21. The van der Waals surface area contributed by atoms with Crippen LogP contribution >= 0.6 is 0 Å². The number of carbonyl (C=O) groups excluding carboxylic acids is 3. The summed E-state index contributed by atoms with van der Waals surface area (Å²) in [5.74, 6) is -2.34. The summed E-state index contributed by atoms with van der Waals surface area (Å²) in [5.41, 5.74) is 4.27. The first-order valence-electron chi connectivity index (χ1n) is 10.7. The number of carboxylic acid groups (broad SMARTS) is 1. The SMILES string of the molecule is CNC(=O)C(C)NC(=O)C(CCC(=O)O)NC(=O)OCC1c2ccccc2-c2ccccc21. The summed E-state index contributed by atoms with van der Waals surface area (Å²) < 4.78 is 5.44. The Kier molecular flexibility index (Phi) is 7.66. The molecular weight excluding hydrogens is 426 g/mol. The third-order valence-corrected chi connectivity index (χ3v) is 5.60. The maximum atomic E-state index is 12.6. The highest BCUT2D eigenvalue weighted by molar-refractivity contribution is 5.91. The lowest BCUT2D eigenvalue weighted by atomic mass is 9.98. The summed E-state index contributed by atoms with van der Waals surface area (Å²) in [4.78, 5) is 47.7. The standard InChI is InChI=1S/C24H27N3O6/c1-14(22(30)25-2)26-23(31)20(11-12-21(28)29)27-24(32)33-13-19-17-9-5-3-7-15(17)16-8-4-6-10-18(16)19/h3-10,14,19-20H,11-13H2,1-2H3,(H,25,30)(H,26,31)(H,27,32)(H,28,29). The highest BCUT2D eigenvalue weighted by Gasteiger charge is 2.30. The molecule has 2 aromatic rings. The Morgan fingerprint density at radius 1 is 0.939 bits per heavy atom. The van der Waals surface area contributed by atoms with Gasteiger partial charge in [-0.05, 0) is 35.6 Å². The van der Waals surface area contributed by atoms with Crippen LogP contribution in [0.15, 0.2) is 48.5 Å². The lowest BCUT2D eigenvalue weighted by Crippen LogP contribution is -2.52. The minimum absolute atomic E-state index is 0.0573. The van der Waals surface area contributed by atoms with Crippen molar-refractivity contribution in [1.82, 2.24) is 16.0 Å². The van der Waals surface area contributed by atoms with Crippen LogP contribution in [-0.2, 0) is 19.1 Å². The number of rotatable bonds is 9. The van der Waals surface area contributed by atoms with E-state index in [1.54, 1.807) is 0 Å². The summed E-state index contributed by atoms with van der Waals surface area (Å²) in [5, 5.41) is 16.3. The molecule has 0 radical (unpaired) electrons. The first-order valence-corrected chi connectivity index (χ1v) is 10.7. The molecule has 33 heavy (non-hydrogen) atoms. The zero-order chi connectivity index (χ0) is 24.0. The van der Waals surface area contributed by atoms with Crippen molar-refractivity contribution in [2.24, 2.45) is 0 Å². The highest BCUT2D eigenvalue weighted by atomic mass is 16.5. The van der Waals surface area contributed by atoms with Gasteiger partial charge in [-0.2, -0.15) is 0 Å². The molecule has 174 valence electrons. The van der Waals surface area contributed by atoms with Gasteiger partial charge in [0.25, 0.3) is 0 Å². The Balaban J connectivity index is 1.66. The maximum absolute atomic E-state index is 12.6. The molecule has 1 aliphatic carbocycles. The molecule has 0 bridgehead atoms. The molecule has 0 aliphatic heterocycles. The predicted octanol–water partition coefficient (Wildman–Crippen LogP) is 2.01. The number of fused-ring (bicyclic) bond motifs is 3. The van der Waals surface area contributed by atoms with Crippen molar-refractivity contribution in [1.29, 1.82) is 0 Å². The second kappa shape index (κ2) is 10.6. The fourth-order valence-corrected chi connectivity index (χ4v) is 3.91. The van der Waals surface area contributed by atoms with Gasteiger partial charge in [-0.1, -0.05) is 48.5 Å². The third-order valence-electron chi connectivity index (χ3n) is 5.60. The number of carbonyl (C=O) groups is 4. The third kappa shape index (κ3) is 5.68. The summed E-state index contributed by atoms with van der Waals surface area (Å²) in [7, 11) is 1.43. The Bertz CT molecular complexity index is 1010. The Morgan fingerprint density at radius 2 is 1.52 bits per heavy atom. The average molecular weight is 453 g/mol. The van der Waals surface area contributed by atoms with Crippen LogP contribution in [0, 0.1) is 0 Å². The number of hydrogen-bond donors (Lipinski definition) is 4. The largest absolute Gasteiger partial charge is 0.481 e. The molecule has 0 aromatic heterocycles. The minimum Gasteiger partial charge on any atom is -0.481 e. The number of carboxylic acids is 1. The van der Waals surface area contributed by atoms with Crippen molar-refractivity contribution in [2.75, 3.05) is 13.7 Å². The number of aliphatic carboxylic acids is 1. The van der Waals surface area contributed by atoms with Gasteiger partial charge in [-0.25, -0.2) is 4.79 Å². The quantitative estimate of drug-likeness (QED) is 0.459. The van der Waals surface area contributed by atoms with Gasteiger partial charge in [0, 0.05) is 19.4 Å². The van der Waals surface area contributed by atoms with Gasteiger partial charge in [0.15, 0.2) is 0 Å². The van der Waals surface area contributed by atoms with Gasteiger partial charge in [0.05, 0.1) is 0 Å². The summed E-state index contributed by atoms with van der Waals surface area (Å²) in [6, 6.07) is 13.8. The molecular formula is C24H27N3O6. The van der Waals surface area contributed by atoms with Crippen molar-refractivity contribution < 1.29 is 29.0 Å². The number of alkyl carbamates (subject to hydrolysis) is 1. The van der Waals surface area contributed by atoms with E-state index in [2.05, 4.69) is 16.0 Å². The van der Waals surface area contributed by atoms with Crippen molar-refractivity contribution >= 4 is 23.9 Å². The monoisotopic (exact) mass is 453 g/mol. The number of nitrogens with one attached hydrogen (secondary N) is 3. The van der Waals surface area contributed by atoms with Gasteiger partial charge in [0.2, 0.25) is 11.8 Å². The average Bonchev–Trinajstić information content (AvgIpc) is 3.13. The van der Waals surface area contributed by atoms with Crippen LogP contribution in [0.3, 0.4) is 0 Å². The molecule has 0 spiro atoms. The van der Waals surface area contributed by atoms with E-state index in [4.69, 9.17) is 9.84 Å². The van der Waals surface area contributed by atoms with E-state index in [0.29, 0.717) is 0 Å². The van der Waals surface area contributed by atoms with Crippen LogP contribution in [0.1, 0.15) is 36.8 Å². The van der Waals surface area contributed by atoms with Crippen molar-refractivity contribution in [2.45, 2.75) is 37.8 Å². The number of amides is 3. The summed E-state index contributed by atoms with van der Waals surface area (Å²) >= 11 is 0.